The Bertz CT molecular complexity index is 2040. The highest BCUT2D eigenvalue weighted by Crippen LogP contribution is 2.51. The van der Waals surface area contributed by atoms with Crippen LogP contribution in [0.2, 0.25) is 72.5 Å². The molecule has 0 aliphatic carbocycles. The van der Waals surface area contributed by atoms with E-state index < -0.39 is 114 Å². The van der Waals surface area contributed by atoms with Gasteiger partial charge in [0.15, 0.2) is 56.9 Å². The first-order valence-corrected chi connectivity index (χ1v) is 38.7. The molecule has 8 N–H and O–H groups in total. The van der Waals surface area contributed by atoms with Gasteiger partial charge in [0.25, 0.3) is 20.2 Å². The van der Waals surface area contributed by atoms with Gasteiger partial charge in [-0.2, -0.15) is 16.8 Å². The lowest BCUT2D eigenvalue weighted by Crippen LogP contribution is -2.61. The van der Waals surface area contributed by atoms with Crippen molar-refractivity contribution >= 4 is 65.6 Å². The van der Waals surface area contributed by atoms with E-state index >= 15 is 0 Å². The highest BCUT2D eigenvalue weighted by molar-refractivity contribution is 7.90. The van der Waals surface area contributed by atoms with Crippen molar-refractivity contribution in [3.8, 4) is 0 Å². The van der Waals surface area contributed by atoms with Crippen LogP contribution in [0.5, 0.6) is 0 Å². The van der Waals surface area contributed by atoms with E-state index in [1.54, 1.807) is 13.8 Å². The van der Waals surface area contributed by atoms with Crippen LogP contribution in [0.15, 0.2) is 22.2 Å². The molecule has 4 heterocycles. The molecule has 0 bridgehead atoms. The van der Waals surface area contributed by atoms with Crippen molar-refractivity contribution in [3.63, 3.8) is 0 Å². The Labute approximate surface area is 424 Å². The van der Waals surface area contributed by atoms with Gasteiger partial charge in [0, 0.05) is 13.1 Å². The molecule has 26 heteroatoms. The first kappa shape index (κ1) is 62.4. The molecule has 408 valence electrons. The Kier molecular flexibility index (Phi) is 18.7. The number of nitrogens with one attached hydrogen (secondary N) is 4. The Hall–Kier alpha value is -1.93. The van der Waals surface area contributed by atoms with Crippen LogP contribution in [0, 0.1) is 0 Å². The lowest BCUT2D eigenvalue weighted by Gasteiger charge is -2.43. The van der Waals surface area contributed by atoms with Crippen molar-refractivity contribution in [1.29, 1.82) is 0 Å². The van der Waals surface area contributed by atoms with Crippen molar-refractivity contribution < 1.29 is 62.0 Å². The molecule has 70 heavy (non-hydrogen) atoms. The number of amides is 4. The van der Waals surface area contributed by atoms with Crippen molar-refractivity contribution in [2.45, 2.75) is 218 Å². The number of nitrogens with two attached hydrogens (primary N) is 2. The van der Waals surface area contributed by atoms with Crippen LogP contribution in [0.25, 0.3) is 0 Å². The highest BCUT2D eigenvalue weighted by atomic mass is 32.2. The summed E-state index contributed by atoms with van der Waals surface area (Å²) in [6, 6.07) is -0.934. The summed E-state index contributed by atoms with van der Waals surface area (Å²) in [6.45, 7) is 46.0. The molecule has 0 aromatic carbocycles. The van der Waals surface area contributed by atoms with Gasteiger partial charge in [-0.1, -0.05) is 83.1 Å². The van der Waals surface area contributed by atoms with E-state index in [1.165, 1.54) is 0 Å². The van der Waals surface area contributed by atoms with Gasteiger partial charge >= 0.3 is 12.1 Å². The van der Waals surface area contributed by atoms with E-state index in [0.29, 0.717) is 13.1 Å². The molecule has 20 nitrogen and oxygen atoms in total. The molecule has 0 aromatic rings. The van der Waals surface area contributed by atoms with E-state index in [1.807, 2.05) is 26.2 Å². The molecule has 0 unspecified atom stereocenters. The molecular weight excluding hydrogens is 1010 g/mol. The Morgan fingerprint density at radius 3 is 1.04 bits per heavy atom. The molecular formula is C44H90N6O14S2Si4. The van der Waals surface area contributed by atoms with Crippen molar-refractivity contribution in [2.24, 2.45) is 11.5 Å². The maximum Gasteiger partial charge on any atom is 0.316 e. The predicted molar refractivity (Wildman–Crippen MR) is 282 cm³/mol. The topological polar surface area (TPSA) is 276 Å². The normalized spacial score (nSPS) is 29.3. The molecule has 4 aliphatic rings. The lowest BCUT2D eigenvalue weighted by atomic mass is 9.89. The van der Waals surface area contributed by atoms with Crippen molar-refractivity contribution in [3.05, 3.63) is 22.2 Å². The number of ether oxygens (including phenoxy) is 2. The van der Waals surface area contributed by atoms with Gasteiger partial charge in [-0.05, 0) is 86.4 Å². The molecule has 8 atom stereocenters. The minimum absolute atomic E-state index is 0.0229. The van der Waals surface area contributed by atoms with E-state index in [2.05, 4.69) is 131 Å². The summed E-state index contributed by atoms with van der Waals surface area (Å²) in [4.78, 5) is 25.0. The van der Waals surface area contributed by atoms with Crippen LogP contribution < -0.4 is 32.7 Å². The Balaban J connectivity index is 0.000000370. The zero-order valence-electron chi connectivity index (χ0n) is 46.1. The van der Waals surface area contributed by atoms with Crippen LogP contribution in [-0.4, -0.2) is 137 Å². The quantitative estimate of drug-likeness (QED) is 0.0781. The molecule has 0 saturated carbocycles. The molecule has 2 fully saturated rings. The fraction of sp³-hybridized carbons (Fsp3) is 0.864. The summed E-state index contributed by atoms with van der Waals surface area (Å²) in [5, 5.41) is 12.2. The third kappa shape index (κ3) is 13.5. The first-order chi connectivity index (χ1) is 31.2. The summed E-state index contributed by atoms with van der Waals surface area (Å²) >= 11 is 0. The maximum absolute atomic E-state index is 12.6. The zero-order valence-corrected chi connectivity index (χ0v) is 51.8. The van der Waals surface area contributed by atoms with Gasteiger partial charge in [0.1, 0.15) is 24.4 Å². The molecule has 4 amide bonds. The average Bonchev–Trinajstić information content (AvgIpc) is 3.76. The molecule has 2 saturated heterocycles. The van der Waals surface area contributed by atoms with Crippen LogP contribution in [-0.2, 0) is 55.8 Å². The monoisotopic (exact) mass is 1100 g/mol. The summed E-state index contributed by atoms with van der Waals surface area (Å²) in [6.07, 6.45) is -5.88. The average molecular weight is 1100 g/mol. The van der Waals surface area contributed by atoms with Crippen LogP contribution in [0.4, 0.5) is 9.59 Å². The lowest BCUT2D eigenvalue weighted by molar-refractivity contribution is -0.0420. The SMILES string of the molecule is CCNC(=O)N[C@@H]1O[C@H](CO[Si](C)(C)C(C)(C)C)[C@@]2(OS(=O)(=O)C=C2N)[C@H]1O[Si](C)(C)C(C)(C)C.CCNC(=O)N[C@H]1O[C@H](CO[Si](C)(C)C(C)(C)C)[C@@]2(OS(=O)(=O)C=C2N)[C@H]1O[Si](C)(C)C(C)(C)C. The second-order valence-electron chi connectivity index (χ2n) is 24.7. The van der Waals surface area contributed by atoms with Gasteiger partial charge in [0.2, 0.25) is 0 Å². The van der Waals surface area contributed by atoms with Crippen LogP contribution >= 0.6 is 0 Å². The second-order valence-corrected chi connectivity index (χ2v) is 46.6. The largest absolute Gasteiger partial charge is 0.414 e. The minimum atomic E-state index is -4.09. The highest BCUT2D eigenvalue weighted by Gasteiger charge is 2.69. The second kappa shape index (κ2) is 21.0. The molecule has 4 rings (SSSR count). The first-order valence-electron chi connectivity index (χ1n) is 24.1. The zero-order chi connectivity index (χ0) is 54.5. The number of carbonyl (C=O) groups is 2. The molecule has 0 aromatic heterocycles. The summed E-state index contributed by atoms with van der Waals surface area (Å²) < 4.78 is 101. The van der Waals surface area contributed by atoms with Crippen molar-refractivity contribution in [2.75, 3.05) is 26.3 Å². The molecule has 0 radical (unpaired) electrons. The summed E-state index contributed by atoms with van der Waals surface area (Å²) in [7, 11) is -17.7. The third-order valence-corrected chi connectivity index (χ3v) is 35.4. The third-order valence-electron chi connectivity index (χ3n) is 15.4. The van der Waals surface area contributed by atoms with E-state index in [4.69, 9.17) is 47.0 Å². The molecule has 4 aliphatic heterocycles. The standard InChI is InChI=1S/2C22H45N3O7SSi2/c2*1-12-24-19(26)25-18-17(31-35(10,11)21(5,6)7)22(15(23)14-33(27,28)32-22)16(30-18)13-29-34(8,9)20(2,3)4/h2*14,16-18H,12-13,23H2,1-11H3,(H2,24,25,26)/t16-,17+,18+,22-;16-,17+,18-,22-/m11/s1. The Morgan fingerprint density at radius 2 is 0.829 bits per heavy atom. The van der Waals surface area contributed by atoms with Crippen LogP contribution in [0.1, 0.15) is 96.9 Å². The van der Waals surface area contributed by atoms with Crippen molar-refractivity contribution in [1.82, 2.24) is 21.3 Å². The number of carbonyl (C=O) groups excluding carboxylic acids is 2. The fourth-order valence-corrected chi connectivity index (χ4v) is 14.0. The summed E-state index contributed by atoms with van der Waals surface area (Å²) in [5.74, 6) is 0. The van der Waals surface area contributed by atoms with E-state index in [0.717, 1.165) is 10.8 Å². The van der Waals surface area contributed by atoms with Gasteiger partial charge in [-0.25, -0.2) is 18.0 Å². The maximum atomic E-state index is 12.6. The fourth-order valence-electron chi connectivity index (χ4n) is 6.96. The number of hydrogen-bond acceptors (Lipinski definition) is 16. The van der Waals surface area contributed by atoms with Crippen LogP contribution in [0.3, 0.4) is 0 Å². The van der Waals surface area contributed by atoms with Gasteiger partial charge in [-0.3, -0.25) is 0 Å². The molecule has 2 spiro atoms. The van der Waals surface area contributed by atoms with Gasteiger partial charge in [-0.15, -0.1) is 0 Å². The van der Waals surface area contributed by atoms with Gasteiger partial charge < -0.3 is 59.9 Å². The smallest absolute Gasteiger partial charge is 0.316 e. The predicted octanol–water partition coefficient (Wildman–Crippen LogP) is 6.68. The number of urea groups is 2. The Morgan fingerprint density at radius 1 is 0.557 bits per heavy atom. The number of rotatable bonds is 14. The minimum Gasteiger partial charge on any atom is -0.414 e. The number of hydrogen-bond donors (Lipinski definition) is 6. The summed E-state index contributed by atoms with van der Waals surface area (Å²) in [5.41, 5.74) is 9.37. The van der Waals surface area contributed by atoms with Gasteiger partial charge in [0.05, 0.1) is 35.4 Å². The van der Waals surface area contributed by atoms with E-state index in [-0.39, 0.29) is 44.8 Å². The van der Waals surface area contributed by atoms with E-state index in [9.17, 15) is 26.4 Å².